The number of hydrogen-bond acceptors (Lipinski definition) is 4. The number of sulfone groups is 1. The van der Waals surface area contributed by atoms with Crippen molar-refractivity contribution in [3.8, 4) is 6.07 Å². The van der Waals surface area contributed by atoms with Gasteiger partial charge in [-0.25, -0.2) is 8.42 Å². The Kier molecular flexibility index (Phi) is 5.24. The summed E-state index contributed by atoms with van der Waals surface area (Å²) in [6, 6.07) is 13.2. The molecule has 0 aliphatic rings. The van der Waals surface area contributed by atoms with Gasteiger partial charge in [0.2, 0.25) is 0 Å². The fourth-order valence-corrected chi connectivity index (χ4v) is 3.46. The van der Waals surface area contributed by atoms with Crippen molar-refractivity contribution in [1.82, 2.24) is 9.88 Å². The first-order valence-electron chi connectivity index (χ1n) is 7.33. The van der Waals surface area contributed by atoms with Gasteiger partial charge in [0.1, 0.15) is 21.6 Å². The molecule has 1 N–H and O–H groups in total. The summed E-state index contributed by atoms with van der Waals surface area (Å²) < 4.78 is 25.3. The van der Waals surface area contributed by atoms with Crippen molar-refractivity contribution in [3.05, 3.63) is 58.9 Å². The van der Waals surface area contributed by atoms with Crippen LogP contribution in [0, 0.1) is 18.3 Å². The summed E-state index contributed by atoms with van der Waals surface area (Å²) >= 11 is 0. The molecule has 0 saturated carbocycles. The maximum Gasteiger partial charge on any atom is 0.149 e. The van der Waals surface area contributed by atoms with Crippen molar-refractivity contribution >= 4 is 9.84 Å². The molecule has 0 unspecified atom stereocenters. The van der Waals surface area contributed by atoms with Crippen molar-refractivity contribution in [3.63, 3.8) is 0 Å². The number of nitrogens with one attached hydrogen (secondary N) is 1. The van der Waals surface area contributed by atoms with E-state index in [1.807, 2.05) is 54.9 Å². The van der Waals surface area contributed by atoms with Crippen LogP contribution in [0.25, 0.3) is 0 Å². The van der Waals surface area contributed by atoms with Crippen LogP contribution in [-0.2, 0) is 23.4 Å². The van der Waals surface area contributed by atoms with Crippen molar-refractivity contribution in [2.45, 2.75) is 19.5 Å². The lowest BCUT2D eigenvalue weighted by Gasteiger charge is -2.18. The molecule has 0 fully saturated rings. The number of nitriles is 1. The number of aromatic nitrogens is 1. The van der Waals surface area contributed by atoms with Gasteiger partial charge in [-0.2, -0.15) is 5.26 Å². The summed E-state index contributed by atoms with van der Waals surface area (Å²) in [4.78, 5) is 0. The standard InChI is InChI=1S/C17H21N3O2S/c1-13-15(9-16(10-18)20(13)2)11-19-17(12-23(3,21)22)14-7-5-4-6-8-14/h4-9,17,19H,11-12H2,1-3H3/t17-/m0/s1. The van der Waals surface area contributed by atoms with E-state index in [4.69, 9.17) is 5.26 Å². The van der Waals surface area contributed by atoms with Crippen molar-refractivity contribution < 1.29 is 8.42 Å². The van der Waals surface area contributed by atoms with Crippen LogP contribution in [0.5, 0.6) is 0 Å². The first-order valence-corrected chi connectivity index (χ1v) is 9.39. The molecule has 0 radical (unpaired) electrons. The molecule has 0 aliphatic carbocycles. The SMILES string of the molecule is Cc1c(CN[C@@H](CS(C)(=O)=O)c2ccccc2)cc(C#N)n1C. The molecule has 1 aromatic heterocycles. The van der Waals surface area contributed by atoms with Crippen molar-refractivity contribution in [1.29, 1.82) is 5.26 Å². The summed E-state index contributed by atoms with van der Waals surface area (Å²) in [6.07, 6.45) is 1.24. The molecule has 1 heterocycles. The molecule has 5 nitrogen and oxygen atoms in total. The van der Waals surface area contributed by atoms with E-state index in [0.29, 0.717) is 12.2 Å². The van der Waals surface area contributed by atoms with Crippen LogP contribution in [0.1, 0.15) is 28.6 Å². The van der Waals surface area contributed by atoms with E-state index in [-0.39, 0.29) is 11.8 Å². The second kappa shape index (κ2) is 6.99. The lowest BCUT2D eigenvalue weighted by Crippen LogP contribution is -2.27. The van der Waals surface area contributed by atoms with Crippen LogP contribution in [-0.4, -0.2) is 25.0 Å². The molecule has 2 rings (SSSR count). The summed E-state index contributed by atoms with van der Waals surface area (Å²) in [5, 5.41) is 12.4. The lowest BCUT2D eigenvalue weighted by molar-refractivity contribution is 0.550. The molecule has 0 aliphatic heterocycles. The fourth-order valence-electron chi connectivity index (χ4n) is 2.54. The van der Waals surface area contributed by atoms with E-state index in [1.165, 1.54) is 6.26 Å². The Hall–Kier alpha value is -2.10. The minimum Gasteiger partial charge on any atom is -0.340 e. The highest BCUT2D eigenvalue weighted by atomic mass is 32.2. The fraction of sp³-hybridized carbons (Fsp3) is 0.353. The van der Waals surface area contributed by atoms with Gasteiger partial charge in [-0.15, -0.1) is 0 Å². The third-order valence-corrected chi connectivity index (χ3v) is 4.90. The first-order chi connectivity index (χ1) is 10.8. The van der Waals surface area contributed by atoms with Crippen LogP contribution in [0.4, 0.5) is 0 Å². The molecular weight excluding hydrogens is 310 g/mol. The Labute approximate surface area is 137 Å². The zero-order valence-corrected chi connectivity index (χ0v) is 14.4. The van der Waals surface area contributed by atoms with Gasteiger partial charge in [0.05, 0.1) is 5.75 Å². The normalized spacial score (nSPS) is 12.8. The number of hydrogen-bond donors (Lipinski definition) is 1. The molecule has 1 aromatic carbocycles. The minimum absolute atomic E-state index is 0.0357. The summed E-state index contributed by atoms with van der Waals surface area (Å²) in [5.74, 6) is 0.0357. The molecule has 0 spiro atoms. The zero-order chi connectivity index (χ0) is 17.0. The number of benzene rings is 1. The number of rotatable bonds is 6. The van der Waals surface area contributed by atoms with Crippen LogP contribution < -0.4 is 5.32 Å². The molecule has 23 heavy (non-hydrogen) atoms. The average Bonchev–Trinajstić information content (AvgIpc) is 2.79. The molecule has 122 valence electrons. The van der Waals surface area contributed by atoms with E-state index in [9.17, 15) is 8.42 Å². The number of nitrogens with zero attached hydrogens (tertiary/aromatic N) is 2. The molecule has 0 saturated heterocycles. The van der Waals surface area contributed by atoms with Gasteiger partial charge in [-0.1, -0.05) is 30.3 Å². The monoisotopic (exact) mass is 331 g/mol. The van der Waals surface area contributed by atoms with Gasteiger partial charge in [-0.05, 0) is 24.1 Å². The van der Waals surface area contributed by atoms with E-state index in [0.717, 1.165) is 16.8 Å². The summed E-state index contributed by atoms with van der Waals surface area (Å²) in [6.45, 7) is 2.46. The Morgan fingerprint density at radius 1 is 1.30 bits per heavy atom. The van der Waals surface area contributed by atoms with E-state index in [1.54, 1.807) is 0 Å². The van der Waals surface area contributed by atoms with Gasteiger partial charge >= 0.3 is 0 Å². The van der Waals surface area contributed by atoms with E-state index in [2.05, 4.69) is 11.4 Å². The van der Waals surface area contributed by atoms with Crippen LogP contribution in [0.2, 0.25) is 0 Å². The van der Waals surface area contributed by atoms with E-state index >= 15 is 0 Å². The van der Waals surface area contributed by atoms with Crippen molar-refractivity contribution in [2.24, 2.45) is 7.05 Å². The molecular formula is C17H21N3O2S. The Bertz CT molecular complexity index is 818. The highest BCUT2D eigenvalue weighted by Crippen LogP contribution is 2.18. The van der Waals surface area contributed by atoms with Crippen LogP contribution in [0.15, 0.2) is 36.4 Å². The maximum atomic E-state index is 11.7. The van der Waals surface area contributed by atoms with Gasteiger partial charge in [-0.3, -0.25) is 0 Å². The smallest absolute Gasteiger partial charge is 0.149 e. The molecule has 0 bridgehead atoms. The Balaban J connectivity index is 2.21. The van der Waals surface area contributed by atoms with Gasteiger partial charge in [0, 0.05) is 31.6 Å². The Morgan fingerprint density at radius 2 is 1.96 bits per heavy atom. The van der Waals surface area contributed by atoms with Crippen LogP contribution in [0.3, 0.4) is 0 Å². The quantitative estimate of drug-likeness (QED) is 0.879. The van der Waals surface area contributed by atoms with Gasteiger partial charge in [0.15, 0.2) is 0 Å². The molecule has 0 amide bonds. The molecule has 1 atom stereocenters. The second-order valence-electron chi connectivity index (χ2n) is 5.75. The average molecular weight is 331 g/mol. The third kappa shape index (κ3) is 4.44. The van der Waals surface area contributed by atoms with Gasteiger partial charge < -0.3 is 9.88 Å². The highest BCUT2D eigenvalue weighted by molar-refractivity contribution is 7.90. The second-order valence-corrected chi connectivity index (χ2v) is 7.93. The van der Waals surface area contributed by atoms with Crippen molar-refractivity contribution in [2.75, 3.05) is 12.0 Å². The summed E-state index contributed by atoms with van der Waals surface area (Å²) in [5.41, 5.74) is 3.53. The first kappa shape index (κ1) is 17.3. The lowest BCUT2D eigenvalue weighted by atomic mass is 10.1. The molecule has 6 heteroatoms. The topological polar surface area (TPSA) is 74.9 Å². The predicted molar refractivity (Wildman–Crippen MR) is 90.6 cm³/mol. The third-order valence-electron chi connectivity index (χ3n) is 3.96. The van der Waals surface area contributed by atoms with Crippen LogP contribution >= 0.6 is 0 Å². The largest absolute Gasteiger partial charge is 0.340 e. The van der Waals surface area contributed by atoms with Gasteiger partial charge in [0.25, 0.3) is 0 Å². The zero-order valence-electron chi connectivity index (χ0n) is 13.6. The summed E-state index contributed by atoms with van der Waals surface area (Å²) in [7, 11) is -1.26. The molecule has 2 aromatic rings. The highest BCUT2D eigenvalue weighted by Gasteiger charge is 2.18. The van der Waals surface area contributed by atoms with E-state index < -0.39 is 9.84 Å². The Morgan fingerprint density at radius 3 is 2.48 bits per heavy atom. The maximum absolute atomic E-state index is 11.7. The minimum atomic E-state index is -3.11. The predicted octanol–water partition coefficient (Wildman–Crippen LogP) is 2.08.